The summed E-state index contributed by atoms with van der Waals surface area (Å²) in [4.78, 5) is 13.5. The Morgan fingerprint density at radius 2 is 2.44 bits per heavy atom. The monoisotopic (exact) mass is 243 g/mol. The summed E-state index contributed by atoms with van der Waals surface area (Å²) < 4.78 is 10.0. The van der Waals surface area contributed by atoms with Crippen molar-refractivity contribution in [1.82, 2.24) is 10.2 Å². The Kier molecular flexibility index (Phi) is 3.35. The summed E-state index contributed by atoms with van der Waals surface area (Å²) in [6.45, 7) is 3.45. The molecule has 2 rings (SSSR count). The molecule has 0 N–H and O–H groups in total. The van der Waals surface area contributed by atoms with Crippen molar-refractivity contribution >= 4 is 22.4 Å². The van der Waals surface area contributed by atoms with Gasteiger partial charge >= 0.3 is 5.97 Å². The molecule has 0 radical (unpaired) electrons. The zero-order valence-electron chi connectivity index (χ0n) is 9.17. The molecule has 16 heavy (non-hydrogen) atoms. The fourth-order valence-electron chi connectivity index (χ4n) is 1.57. The van der Waals surface area contributed by atoms with Crippen LogP contribution in [0.3, 0.4) is 0 Å². The van der Waals surface area contributed by atoms with Gasteiger partial charge in [-0.15, -0.1) is 10.2 Å². The number of aryl methyl sites for hydroxylation is 1. The van der Waals surface area contributed by atoms with Gasteiger partial charge in [0.1, 0.15) is 5.01 Å². The highest BCUT2D eigenvalue weighted by Gasteiger charge is 2.32. The van der Waals surface area contributed by atoms with E-state index in [-0.39, 0.29) is 5.97 Å². The third-order valence-corrected chi connectivity index (χ3v) is 3.24. The Bertz CT molecular complexity index is 382. The average molecular weight is 243 g/mol. The fourth-order valence-corrected chi connectivity index (χ4v) is 2.33. The molecular formula is C9H13N3O3S. The van der Waals surface area contributed by atoms with Crippen LogP contribution in [0.5, 0.6) is 0 Å². The molecule has 88 valence electrons. The van der Waals surface area contributed by atoms with E-state index in [1.807, 2.05) is 11.8 Å². The molecule has 1 aliphatic heterocycles. The summed E-state index contributed by atoms with van der Waals surface area (Å²) in [5, 5.41) is 9.61. The number of rotatable bonds is 2. The number of nitrogens with zero attached hydrogens (tertiary/aromatic N) is 3. The van der Waals surface area contributed by atoms with E-state index in [9.17, 15) is 4.79 Å². The van der Waals surface area contributed by atoms with Gasteiger partial charge in [0.15, 0.2) is 6.04 Å². The second kappa shape index (κ2) is 4.75. The Morgan fingerprint density at radius 1 is 1.62 bits per heavy atom. The molecule has 6 nitrogen and oxygen atoms in total. The van der Waals surface area contributed by atoms with E-state index in [0.29, 0.717) is 19.8 Å². The van der Waals surface area contributed by atoms with Gasteiger partial charge in [0, 0.05) is 6.54 Å². The maximum Gasteiger partial charge on any atom is 0.330 e. The number of carbonyl (C=O) groups excluding carboxylic acids is 1. The second-order valence-corrected chi connectivity index (χ2v) is 4.57. The SMILES string of the molecule is COC(=O)C1COCCN1c1nnc(C)s1. The lowest BCUT2D eigenvalue weighted by Crippen LogP contribution is -2.50. The van der Waals surface area contributed by atoms with E-state index >= 15 is 0 Å². The summed E-state index contributed by atoms with van der Waals surface area (Å²) in [6.07, 6.45) is 0. The predicted molar refractivity (Wildman–Crippen MR) is 58.6 cm³/mol. The second-order valence-electron chi connectivity index (χ2n) is 3.41. The first kappa shape index (κ1) is 11.3. The summed E-state index contributed by atoms with van der Waals surface area (Å²) in [5.41, 5.74) is 0. The highest BCUT2D eigenvalue weighted by Crippen LogP contribution is 2.23. The van der Waals surface area contributed by atoms with Gasteiger partial charge in [0.05, 0.1) is 20.3 Å². The number of ether oxygens (including phenoxy) is 2. The molecule has 7 heteroatoms. The summed E-state index contributed by atoms with van der Waals surface area (Å²) >= 11 is 1.47. The molecule has 0 amide bonds. The van der Waals surface area contributed by atoms with E-state index in [0.717, 1.165) is 10.1 Å². The molecule has 1 saturated heterocycles. The maximum absolute atomic E-state index is 11.6. The minimum absolute atomic E-state index is 0.299. The quantitative estimate of drug-likeness (QED) is 0.693. The number of morpholine rings is 1. The number of carbonyl (C=O) groups is 1. The number of hydrogen-bond acceptors (Lipinski definition) is 7. The third-order valence-electron chi connectivity index (χ3n) is 2.36. The van der Waals surface area contributed by atoms with Crippen molar-refractivity contribution in [2.45, 2.75) is 13.0 Å². The minimum Gasteiger partial charge on any atom is -0.467 e. The van der Waals surface area contributed by atoms with E-state index < -0.39 is 6.04 Å². The molecule has 1 aromatic rings. The summed E-state index contributed by atoms with van der Waals surface area (Å²) in [5.74, 6) is -0.299. The van der Waals surface area contributed by atoms with E-state index in [4.69, 9.17) is 9.47 Å². The lowest BCUT2D eigenvalue weighted by atomic mass is 10.2. The van der Waals surface area contributed by atoms with Crippen molar-refractivity contribution < 1.29 is 14.3 Å². The Morgan fingerprint density at radius 3 is 3.06 bits per heavy atom. The lowest BCUT2D eigenvalue weighted by molar-refractivity contribution is -0.144. The largest absolute Gasteiger partial charge is 0.467 e. The van der Waals surface area contributed by atoms with Gasteiger partial charge in [-0.05, 0) is 6.92 Å². The van der Waals surface area contributed by atoms with Crippen LogP contribution >= 0.6 is 11.3 Å². The number of hydrogen-bond donors (Lipinski definition) is 0. The highest BCUT2D eigenvalue weighted by molar-refractivity contribution is 7.15. The fraction of sp³-hybridized carbons (Fsp3) is 0.667. The topological polar surface area (TPSA) is 64.6 Å². The Labute approximate surface area is 97.2 Å². The van der Waals surface area contributed by atoms with Gasteiger partial charge in [-0.3, -0.25) is 0 Å². The molecule has 2 heterocycles. The van der Waals surface area contributed by atoms with Crippen molar-refractivity contribution in [1.29, 1.82) is 0 Å². The van der Waals surface area contributed by atoms with E-state index in [1.165, 1.54) is 18.4 Å². The van der Waals surface area contributed by atoms with Crippen molar-refractivity contribution in [3.05, 3.63) is 5.01 Å². The van der Waals surface area contributed by atoms with Crippen LogP contribution in [0.25, 0.3) is 0 Å². The summed E-state index contributed by atoms with van der Waals surface area (Å²) in [7, 11) is 1.38. The molecule has 1 fully saturated rings. The number of esters is 1. The van der Waals surface area contributed by atoms with Crippen LogP contribution < -0.4 is 4.90 Å². The highest BCUT2D eigenvalue weighted by atomic mass is 32.1. The first-order valence-corrected chi connectivity index (χ1v) is 5.76. The van der Waals surface area contributed by atoms with Crippen molar-refractivity contribution in [2.75, 3.05) is 31.8 Å². The van der Waals surface area contributed by atoms with E-state index in [1.54, 1.807) is 0 Å². The van der Waals surface area contributed by atoms with Gasteiger partial charge < -0.3 is 14.4 Å². The lowest BCUT2D eigenvalue weighted by Gasteiger charge is -2.32. The average Bonchev–Trinajstić information content (AvgIpc) is 2.75. The first-order chi connectivity index (χ1) is 7.72. The van der Waals surface area contributed by atoms with Crippen LogP contribution in [0.15, 0.2) is 0 Å². The molecule has 0 aliphatic carbocycles. The molecule has 1 aromatic heterocycles. The van der Waals surface area contributed by atoms with Crippen LogP contribution in [-0.2, 0) is 14.3 Å². The zero-order valence-corrected chi connectivity index (χ0v) is 9.99. The van der Waals surface area contributed by atoms with Gasteiger partial charge in [0.25, 0.3) is 0 Å². The van der Waals surface area contributed by atoms with Crippen molar-refractivity contribution in [3.63, 3.8) is 0 Å². The third kappa shape index (κ3) is 2.14. The maximum atomic E-state index is 11.6. The molecule has 0 saturated carbocycles. The van der Waals surface area contributed by atoms with E-state index in [2.05, 4.69) is 10.2 Å². The van der Waals surface area contributed by atoms with Gasteiger partial charge in [-0.25, -0.2) is 4.79 Å². The van der Waals surface area contributed by atoms with Crippen LogP contribution in [0, 0.1) is 6.92 Å². The summed E-state index contributed by atoms with van der Waals surface area (Å²) in [6, 6.07) is -0.411. The molecule has 1 aliphatic rings. The predicted octanol–water partition coefficient (Wildman–Crippen LogP) is 0.225. The molecule has 1 unspecified atom stereocenters. The first-order valence-electron chi connectivity index (χ1n) is 4.94. The molecule has 0 aromatic carbocycles. The normalized spacial score (nSPS) is 20.9. The number of methoxy groups -OCH3 is 1. The molecule has 1 atom stereocenters. The van der Waals surface area contributed by atoms with Crippen molar-refractivity contribution in [2.24, 2.45) is 0 Å². The minimum atomic E-state index is -0.411. The van der Waals surface area contributed by atoms with Crippen LogP contribution in [0.4, 0.5) is 5.13 Å². The van der Waals surface area contributed by atoms with Crippen molar-refractivity contribution in [3.8, 4) is 0 Å². The number of aromatic nitrogens is 2. The van der Waals surface area contributed by atoms with Gasteiger partial charge in [-0.1, -0.05) is 11.3 Å². The number of anilines is 1. The van der Waals surface area contributed by atoms with Crippen LogP contribution in [0.1, 0.15) is 5.01 Å². The smallest absolute Gasteiger partial charge is 0.330 e. The Hall–Kier alpha value is -1.21. The zero-order chi connectivity index (χ0) is 11.5. The Balaban J connectivity index is 2.19. The molecule has 0 spiro atoms. The standard InChI is InChI=1S/C9H13N3O3S/c1-6-10-11-9(16-6)12-3-4-15-5-7(12)8(13)14-2/h7H,3-5H2,1-2H3. The molecule has 0 bridgehead atoms. The van der Waals surface area contributed by atoms with Gasteiger partial charge in [0.2, 0.25) is 5.13 Å². The van der Waals surface area contributed by atoms with Crippen LogP contribution in [0.2, 0.25) is 0 Å². The van der Waals surface area contributed by atoms with Gasteiger partial charge in [-0.2, -0.15) is 0 Å². The van der Waals surface area contributed by atoms with Crippen LogP contribution in [-0.4, -0.2) is 49.1 Å². The molecular weight excluding hydrogens is 230 g/mol.